The highest BCUT2D eigenvalue weighted by atomic mass is 35.5. The lowest BCUT2D eigenvalue weighted by molar-refractivity contribution is -0.118. The molecule has 3 aromatic rings. The van der Waals surface area contributed by atoms with Gasteiger partial charge in [-0.1, -0.05) is 29.8 Å². The van der Waals surface area contributed by atoms with Crippen molar-refractivity contribution in [3.8, 4) is 0 Å². The Hall–Kier alpha value is -2.18. The van der Waals surface area contributed by atoms with Crippen LogP contribution in [-0.4, -0.2) is 20.3 Å². The summed E-state index contributed by atoms with van der Waals surface area (Å²) in [6, 6.07) is 9.42. The summed E-state index contributed by atoms with van der Waals surface area (Å²) in [4.78, 5) is 16.8. The zero-order valence-electron chi connectivity index (χ0n) is 11.6. The second kappa shape index (κ2) is 6.72. The van der Waals surface area contributed by atoms with Crippen LogP contribution in [0.25, 0.3) is 0 Å². The molecule has 2 heterocycles. The van der Waals surface area contributed by atoms with Gasteiger partial charge in [0, 0.05) is 29.0 Å². The van der Waals surface area contributed by atoms with Crippen LogP contribution in [0, 0.1) is 0 Å². The molecular formula is C15H13ClN4OS. The minimum absolute atomic E-state index is 0.136. The number of carbonyl (C=O) groups is 1. The summed E-state index contributed by atoms with van der Waals surface area (Å²) in [5, 5.41) is 6.61. The normalized spacial score (nSPS) is 11.8. The quantitative estimate of drug-likeness (QED) is 0.737. The number of carbonyl (C=O) groups excluding carboxylic acids is 1. The highest BCUT2D eigenvalue weighted by Crippen LogP contribution is 2.15. The van der Waals surface area contributed by atoms with Crippen LogP contribution in [-0.2, 0) is 17.9 Å². The Morgan fingerprint density at radius 1 is 1.27 bits per heavy atom. The molecule has 22 heavy (non-hydrogen) atoms. The monoisotopic (exact) mass is 332 g/mol. The molecule has 0 N–H and O–H groups in total. The summed E-state index contributed by atoms with van der Waals surface area (Å²) < 4.78 is 3.46. The first-order valence-corrected chi connectivity index (χ1v) is 7.90. The van der Waals surface area contributed by atoms with Gasteiger partial charge in [0.15, 0.2) is 4.80 Å². The van der Waals surface area contributed by atoms with Gasteiger partial charge < -0.3 is 4.57 Å². The summed E-state index contributed by atoms with van der Waals surface area (Å²) >= 11 is 7.59. The number of aromatic nitrogens is 3. The van der Waals surface area contributed by atoms with Crippen molar-refractivity contribution in [1.82, 2.24) is 14.3 Å². The zero-order valence-corrected chi connectivity index (χ0v) is 13.2. The van der Waals surface area contributed by atoms with Crippen molar-refractivity contribution in [3.05, 3.63) is 69.7 Å². The van der Waals surface area contributed by atoms with Crippen LogP contribution >= 0.6 is 22.9 Å². The average Bonchev–Trinajstić information content (AvgIpc) is 3.14. The van der Waals surface area contributed by atoms with Crippen molar-refractivity contribution in [2.24, 2.45) is 4.99 Å². The number of halogens is 1. The van der Waals surface area contributed by atoms with Crippen molar-refractivity contribution in [1.29, 1.82) is 0 Å². The maximum atomic E-state index is 12.0. The van der Waals surface area contributed by atoms with Crippen LogP contribution in [0.5, 0.6) is 0 Å². The van der Waals surface area contributed by atoms with Gasteiger partial charge in [-0.3, -0.25) is 9.48 Å². The van der Waals surface area contributed by atoms with E-state index < -0.39 is 0 Å². The fraction of sp³-hybridized carbons (Fsp3) is 0.133. The van der Waals surface area contributed by atoms with Gasteiger partial charge in [0.2, 0.25) is 0 Å². The molecule has 2 aromatic heterocycles. The largest absolute Gasteiger partial charge is 0.319 e. The number of hydrogen-bond acceptors (Lipinski definition) is 3. The molecule has 1 amide bonds. The van der Waals surface area contributed by atoms with Gasteiger partial charge in [-0.25, -0.2) is 0 Å². The van der Waals surface area contributed by atoms with Crippen LogP contribution in [0.4, 0.5) is 0 Å². The first-order valence-electron chi connectivity index (χ1n) is 6.65. The molecule has 5 nitrogen and oxygen atoms in total. The molecule has 0 bridgehead atoms. The van der Waals surface area contributed by atoms with Crippen molar-refractivity contribution in [3.63, 3.8) is 0 Å². The van der Waals surface area contributed by atoms with E-state index in [0.717, 1.165) is 5.56 Å². The Morgan fingerprint density at radius 2 is 2.14 bits per heavy atom. The standard InChI is InChI=1S/C15H13ClN4OS/c16-13-5-2-1-4-12(13)10-19-8-9-22-15(19)18-14(21)11-20-7-3-6-17-20/h1-9H,10-11H2. The van der Waals surface area contributed by atoms with Crippen molar-refractivity contribution in [2.75, 3.05) is 0 Å². The van der Waals surface area contributed by atoms with Crippen molar-refractivity contribution < 1.29 is 4.79 Å². The molecule has 0 saturated carbocycles. The summed E-state index contributed by atoms with van der Waals surface area (Å²) in [5.41, 5.74) is 0.989. The third-order valence-electron chi connectivity index (χ3n) is 3.04. The molecule has 7 heteroatoms. The molecule has 112 valence electrons. The summed E-state index contributed by atoms with van der Waals surface area (Å²) in [5.74, 6) is -0.237. The second-order valence-electron chi connectivity index (χ2n) is 4.61. The van der Waals surface area contributed by atoms with E-state index in [1.807, 2.05) is 40.4 Å². The maximum Gasteiger partial charge on any atom is 0.270 e. The Bertz CT molecular complexity index is 835. The minimum Gasteiger partial charge on any atom is -0.319 e. The smallest absolute Gasteiger partial charge is 0.270 e. The Labute approximate surface area is 136 Å². The van der Waals surface area contributed by atoms with Crippen LogP contribution in [0.15, 0.2) is 59.3 Å². The zero-order chi connectivity index (χ0) is 15.4. The molecule has 0 aliphatic rings. The van der Waals surface area contributed by atoms with Crippen LogP contribution < -0.4 is 4.80 Å². The highest BCUT2D eigenvalue weighted by Gasteiger charge is 2.05. The lowest BCUT2D eigenvalue weighted by atomic mass is 10.2. The Kier molecular flexibility index (Phi) is 4.50. The van der Waals surface area contributed by atoms with Gasteiger partial charge in [0.25, 0.3) is 5.91 Å². The van der Waals surface area contributed by atoms with E-state index >= 15 is 0 Å². The lowest BCUT2D eigenvalue weighted by Gasteiger charge is -2.05. The SMILES string of the molecule is O=C(Cn1cccn1)N=c1sccn1Cc1ccccc1Cl. The molecule has 0 fully saturated rings. The molecule has 0 unspecified atom stereocenters. The molecule has 1 aromatic carbocycles. The van der Waals surface area contributed by atoms with E-state index in [0.29, 0.717) is 16.4 Å². The van der Waals surface area contributed by atoms with Gasteiger partial charge in [-0.05, 0) is 17.7 Å². The Morgan fingerprint density at radius 3 is 2.91 bits per heavy atom. The van der Waals surface area contributed by atoms with E-state index in [-0.39, 0.29) is 12.5 Å². The van der Waals surface area contributed by atoms with Crippen LogP contribution in [0.1, 0.15) is 5.56 Å². The van der Waals surface area contributed by atoms with Crippen molar-refractivity contribution in [2.45, 2.75) is 13.1 Å². The highest BCUT2D eigenvalue weighted by molar-refractivity contribution is 7.07. The topological polar surface area (TPSA) is 52.2 Å². The van der Waals surface area contributed by atoms with Crippen LogP contribution in [0.2, 0.25) is 5.02 Å². The summed E-state index contributed by atoms with van der Waals surface area (Å²) in [7, 11) is 0. The molecule has 0 aliphatic carbocycles. The molecule has 0 saturated heterocycles. The predicted octanol–water partition coefficient (Wildman–Crippen LogP) is 2.58. The van der Waals surface area contributed by atoms with Gasteiger partial charge in [-0.15, -0.1) is 11.3 Å². The van der Waals surface area contributed by atoms with Gasteiger partial charge >= 0.3 is 0 Å². The van der Waals surface area contributed by atoms with E-state index in [2.05, 4.69) is 10.1 Å². The fourth-order valence-corrected chi connectivity index (χ4v) is 2.93. The molecule has 0 atom stereocenters. The van der Waals surface area contributed by atoms with Crippen molar-refractivity contribution >= 4 is 28.8 Å². The number of benzene rings is 1. The van der Waals surface area contributed by atoms with Gasteiger partial charge in [0.1, 0.15) is 6.54 Å². The van der Waals surface area contributed by atoms with E-state index in [9.17, 15) is 4.79 Å². The van der Waals surface area contributed by atoms with E-state index in [4.69, 9.17) is 11.6 Å². The summed E-state index contributed by atoms with van der Waals surface area (Å²) in [6.45, 7) is 0.716. The Balaban J connectivity index is 1.81. The average molecular weight is 333 g/mol. The van der Waals surface area contributed by atoms with E-state index in [1.54, 1.807) is 23.1 Å². The van der Waals surface area contributed by atoms with Crippen LogP contribution in [0.3, 0.4) is 0 Å². The molecule has 3 rings (SSSR count). The summed E-state index contributed by atoms with van der Waals surface area (Å²) in [6.07, 6.45) is 5.27. The second-order valence-corrected chi connectivity index (χ2v) is 5.89. The third-order valence-corrected chi connectivity index (χ3v) is 4.20. The minimum atomic E-state index is -0.237. The fourth-order valence-electron chi connectivity index (χ4n) is 1.99. The first kappa shape index (κ1) is 14.7. The molecule has 0 spiro atoms. The van der Waals surface area contributed by atoms with Gasteiger partial charge in [-0.2, -0.15) is 10.1 Å². The maximum absolute atomic E-state index is 12.0. The number of nitrogens with zero attached hydrogens (tertiary/aromatic N) is 4. The molecule has 0 radical (unpaired) electrons. The first-order chi connectivity index (χ1) is 10.7. The number of rotatable bonds is 4. The van der Waals surface area contributed by atoms with E-state index in [1.165, 1.54) is 11.3 Å². The number of amides is 1. The number of thiazole rings is 1. The van der Waals surface area contributed by atoms with Gasteiger partial charge in [0.05, 0.1) is 6.54 Å². The lowest BCUT2D eigenvalue weighted by Crippen LogP contribution is -2.19. The number of hydrogen-bond donors (Lipinski definition) is 0. The molecular weight excluding hydrogens is 320 g/mol. The molecule has 0 aliphatic heterocycles. The predicted molar refractivity (Wildman–Crippen MR) is 85.7 cm³/mol. The third kappa shape index (κ3) is 3.52.